The van der Waals surface area contributed by atoms with Gasteiger partial charge in [-0.05, 0) is 6.92 Å². The third kappa shape index (κ3) is 3.66. The van der Waals surface area contributed by atoms with Gasteiger partial charge in [0.1, 0.15) is 6.04 Å². The predicted octanol–water partition coefficient (Wildman–Crippen LogP) is -1.32. The van der Waals surface area contributed by atoms with E-state index in [1.165, 1.54) is 0 Å². The second kappa shape index (κ2) is 5.93. The molecule has 0 radical (unpaired) electrons. The summed E-state index contributed by atoms with van der Waals surface area (Å²) in [6.45, 7) is 3.69. The van der Waals surface area contributed by atoms with Crippen LogP contribution in [0.15, 0.2) is 0 Å². The SMILES string of the molecule is CC(C(=O)O)N(CCN)CCN. The van der Waals surface area contributed by atoms with Crippen LogP contribution in [0.2, 0.25) is 0 Å². The molecule has 0 aliphatic carbocycles. The molecule has 5 N–H and O–H groups in total. The van der Waals surface area contributed by atoms with E-state index in [9.17, 15) is 4.79 Å². The average Bonchev–Trinajstić information content (AvgIpc) is 2.03. The number of nitrogens with zero attached hydrogens (tertiary/aromatic N) is 1. The number of rotatable bonds is 6. The second-order valence-corrected chi connectivity index (χ2v) is 2.63. The molecular weight excluding hydrogens is 158 g/mol. The maximum Gasteiger partial charge on any atom is 0.320 e. The maximum atomic E-state index is 10.6. The molecule has 0 aromatic carbocycles. The molecule has 0 saturated heterocycles. The lowest BCUT2D eigenvalue weighted by Crippen LogP contribution is -2.44. The van der Waals surface area contributed by atoms with Crippen LogP contribution in [0.1, 0.15) is 6.92 Å². The van der Waals surface area contributed by atoms with Crippen molar-refractivity contribution >= 4 is 5.97 Å². The van der Waals surface area contributed by atoms with E-state index in [-0.39, 0.29) is 0 Å². The van der Waals surface area contributed by atoms with Crippen LogP contribution in [0.25, 0.3) is 0 Å². The highest BCUT2D eigenvalue weighted by Gasteiger charge is 2.18. The molecule has 0 aromatic heterocycles. The van der Waals surface area contributed by atoms with Gasteiger partial charge in [0.15, 0.2) is 0 Å². The fraction of sp³-hybridized carbons (Fsp3) is 0.857. The van der Waals surface area contributed by atoms with Gasteiger partial charge in [-0.1, -0.05) is 0 Å². The first-order chi connectivity index (χ1) is 5.63. The van der Waals surface area contributed by atoms with E-state index in [4.69, 9.17) is 16.6 Å². The van der Waals surface area contributed by atoms with Crippen LogP contribution in [0, 0.1) is 0 Å². The summed E-state index contributed by atoms with van der Waals surface area (Å²) < 4.78 is 0. The second-order valence-electron chi connectivity index (χ2n) is 2.63. The van der Waals surface area contributed by atoms with Gasteiger partial charge in [-0.2, -0.15) is 0 Å². The van der Waals surface area contributed by atoms with Crippen molar-refractivity contribution in [2.24, 2.45) is 11.5 Å². The lowest BCUT2D eigenvalue weighted by Gasteiger charge is -2.24. The molecule has 1 unspecified atom stereocenters. The third-order valence-corrected chi connectivity index (χ3v) is 1.74. The summed E-state index contributed by atoms with van der Waals surface area (Å²) >= 11 is 0. The van der Waals surface area contributed by atoms with E-state index in [1.54, 1.807) is 11.8 Å². The minimum Gasteiger partial charge on any atom is -0.480 e. The zero-order chi connectivity index (χ0) is 9.56. The summed E-state index contributed by atoms with van der Waals surface area (Å²) in [4.78, 5) is 12.3. The minimum absolute atomic E-state index is 0.456. The number of hydrogen-bond donors (Lipinski definition) is 3. The Labute approximate surface area is 72.3 Å². The molecular formula is C7H17N3O2. The van der Waals surface area contributed by atoms with Gasteiger partial charge in [-0.3, -0.25) is 9.69 Å². The topological polar surface area (TPSA) is 92.6 Å². The summed E-state index contributed by atoms with van der Waals surface area (Å²) in [5.74, 6) is -0.836. The van der Waals surface area contributed by atoms with Crippen molar-refractivity contribution in [3.8, 4) is 0 Å². The number of carbonyl (C=O) groups is 1. The first kappa shape index (κ1) is 11.4. The van der Waals surface area contributed by atoms with Crippen molar-refractivity contribution in [3.63, 3.8) is 0 Å². The monoisotopic (exact) mass is 175 g/mol. The molecule has 0 saturated carbocycles. The maximum absolute atomic E-state index is 10.6. The van der Waals surface area contributed by atoms with Crippen molar-refractivity contribution in [1.82, 2.24) is 4.90 Å². The van der Waals surface area contributed by atoms with Gasteiger partial charge in [0.05, 0.1) is 0 Å². The normalized spacial score (nSPS) is 13.3. The Morgan fingerprint density at radius 1 is 1.42 bits per heavy atom. The van der Waals surface area contributed by atoms with E-state index in [2.05, 4.69) is 0 Å². The van der Waals surface area contributed by atoms with Gasteiger partial charge < -0.3 is 16.6 Å². The Bertz CT molecular complexity index is 135. The van der Waals surface area contributed by atoms with Crippen LogP contribution < -0.4 is 11.5 Å². The van der Waals surface area contributed by atoms with Crippen LogP contribution in [0.4, 0.5) is 0 Å². The molecule has 12 heavy (non-hydrogen) atoms. The van der Waals surface area contributed by atoms with Crippen LogP contribution in [0.3, 0.4) is 0 Å². The average molecular weight is 175 g/mol. The molecule has 0 aliphatic heterocycles. The number of carboxylic acid groups (broad SMARTS) is 1. The molecule has 1 atom stereocenters. The van der Waals surface area contributed by atoms with E-state index >= 15 is 0 Å². The number of aliphatic carboxylic acids is 1. The van der Waals surface area contributed by atoms with Crippen molar-refractivity contribution in [2.45, 2.75) is 13.0 Å². The molecule has 5 heteroatoms. The van der Waals surface area contributed by atoms with Gasteiger partial charge >= 0.3 is 5.97 Å². The zero-order valence-corrected chi connectivity index (χ0v) is 7.36. The van der Waals surface area contributed by atoms with Crippen LogP contribution in [-0.2, 0) is 4.79 Å². The number of hydrogen-bond acceptors (Lipinski definition) is 4. The van der Waals surface area contributed by atoms with Gasteiger partial charge in [-0.15, -0.1) is 0 Å². The highest BCUT2D eigenvalue weighted by atomic mass is 16.4. The Morgan fingerprint density at radius 2 is 1.83 bits per heavy atom. The largest absolute Gasteiger partial charge is 0.480 e. The van der Waals surface area contributed by atoms with Gasteiger partial charge in [0.2, 0.25) is 0 Å². The lowest BCUT2D eigenvalue weighted by molar-refractivity contribution is -0.142. The van der Waals surface area contributed by atoms with Crippen molar-refractivity contribution in [1.29, 1.82) is 0 Å². The Morgan fingerprint density at radius 3 is 2.08 bits per heavy atom. The highest BCUT2D eigenvalue weighted by Crippen LogP contribution is 1.96. The smallest absolute Gasteiger partial charge is 0.320 e. The predicted molar refractivity (Wildman–Crippen MR) is 46.8 cm³/mol. The molecule has 0 aromatic rings. The first-order valence-corrected chi connectivity index (χ1v) is 4.00. The molecule has 0 fully saturated rings. The van der Waals surface area contributed by atoms with Crippen LogP contribution >= 0.6 is 0 Å². The Hall–Kier alpha value is -0.650. The van der Waals surface area contributed by atoms with E-state index in [0.717, 1.165) is 0 Å². The molecule has 0 spiro atoms. The fourth-order valence-corrected chi connectivity index (χ4v) is 0.987. The van der Waals surface area contributed by atoms with Gasteiger partial charge in [0.25, 0.3) is 0 Å². The van der Waals surface area contributed by atoms with Crippen molar-refractivity contribution < 1.29 is 9.90 Å². The van der Waals surface area contributed by atoms with Crippen molar-refractivity contribution in [2.75, 3.05) is 26.2 Å². The first-order valence-electron chi connectivity index (χ1n) is 4.00. The highest BCUT2D eigenvalue weighted by molar-refractivity contribution is 5.72. The Kier molecular flexibility index (Phi) is 5.61. The van der Waals surface area contributed by atoms with Gasteiger partial charge in [-0.25, -0.2) is 0 Å². The number of carboxylic acids is 1. The summed E-state index contributed by atoms with van der Waals surface area (Å²) in [6, 6.07) is -0.503. The molecule has 72 valence electrons. The molecule has 0 aliphatic rings. The summed E-state index contributed by atoms with van der Waals surface area (Å²) in [5, 5.41) is 8.68. The quantitative estimate of drug-likeness (QED) is 0.465. The van der Waals surface area contributed by atoms with E-state index in [0.29, 0.717) is 26.2 Å². The Balaban J connectivity index is 3.98. The molecule has 5 nitrogen and oxygen atoms in total. The summed E-state index contributed by atoms with van der Waals surface area (Å²) in [7, 11) is 0. The fourth-order valence-electron chi connectivity index (χ4n) is 0.987. The number of nitrogens with two attached hydrogens (primary N) is 2. The van der Waals surface area contributed by atoms with Crippen LogP contribution in [-0.4, -0.2) is 48.2 Å². The van der Waals surface area contributed by atoms with Gasteiger partial charge in [0, 0.05) is 26.2 Å². The standard InChI is InChI=1S/C7H17N3O2/c1-6(7(11)12)10(4-2-8)5-3-9/h6H,2-5,8-9H2,1H3,(H,11,12). The van der Waals surface area contributed by atoms with E-state index in [1.807, 2.05) is 0 Å². The molecule has 0 amide bonds. The summed E-state index contributed by atoms with van der Waals surface area (Å²) in [6.07, 6.45) is 0. The minimum atomic E-state index is -0.836. The lowest BCUT2D eigenvalue weighted by atomic mass is 10.3. The molecule has 0 rings (SSSR count). The van der Waals surface area contributed by atoms with E-state index < -0.39 is 12.0 Å². The molecule has 0 bridgehead atoms. The van der Waals surface area contributed by atoms with Crippen LogP contribution in [0.5, 0.6) is 0 Å². The zero-order valence-electron chi connectivity index (χ0n) is 7.36. The molecule has 0 heterocycles. The summed E-state index contributed by atoms with van der Waals surface area (Å²) in [5.41, 5.74) is 10.6. The third-order valence-electron chi connectivity index (χ3n) is 1.74. The van der Waals surface area contributed by atoms with Crippen molar-refractivity contribution in [3.05, 3.63) is 0 Å².